The van der Waals surface area contributed by atoms with Crippen molar-refractivity contribution in [1.29, 1.82) is 0 Å². The highest BCUT2D eigenvalue weighted by molar-refractivity contribution is 5.77. The number of amides is 1. The number of benzene rings is 1. The van der Waals surface area contributed by atoms with Crippen LogP contribution in [0, 0.1) is 0 Å². The topological polar surface area (TPSA) is 79.9 Å². The van der Waals surface area contributed by atoms with Crippen LogP contribution < -0.4 is 10.8 Å². The van der Waals surface area contributed by atoms with E-state index in [-0.39, 0.29) is 0 Å². The summed E-state index contributed by atoms with van der Waals surface area (Å²) in [6, 6.07) is 8.76. The number of nitrogens with one attached hydrogen (secondary N) is 2. The van der Waals surface area contributed by atoms with Crippen LogP contribution in [0.3, 0.4) is 0 Å². The molecule has 25 heavy (non-hydrogen) atoms. The zero-order chi connectivity index (χ0) is 18.3. The summed E-state index contributed by atoms with van der Waals surface area (Å²) < 4.78 is 5.43. The highest BCUT2D eigenvalue weighted by Crippen LogP contribution is 2.12. The molecule has 1 saturated heterocycles. The maximum absolute atomic E-state index is 12.5. The van der Waals surface area contributed by atoms with Crippen LogP contribution in [0.25, 0.3) is 0 Å². The van der Waals surface area contributed by atoms with E-state index in [1.165, 1.54) is 0 Å². The molecule has 2 N–H and O–H groups in total. The quantitative estimate of drug-likeness (QED) is 0.619. The maximum Gasteiger partial charge on any atom is 0.428 e. The number of hydrogen-bond donors (Lipinski definition) is 2. The molecule has 7 heteroatoms. The van der Waals surface area contributed by atoms with Gasteiger partial charge in [0.2, 0.25) is 0 Å². The van der Waals surface area contributed by atoms with E-state index in [1.807, 2.05) is 30.3 Å². The average molecular weight is 349 g/mol. The molecule has 0 bridgehead atoms. The van der Waals surface area contributed by atoms with E-state index in [2.05, 4.69) is 10.8 Å². The van der Waals surface area contributed by atoms with Crippen LogP contribution in [-0.4, -0.2) is 54.8 Å². The fraction of sp³-hybridized carbons (Fsp3) is 0.556. The molecule has 1 amide bonds. The molecule has 1 heterocycles. The van der Waals surface area contributed by atoms with E-state index in [0.29, 0.717) is 19.5 Å². The maximum atomic E-state index is 12.5. The Hall–Kier alpha value is -2.12. The van der Waals surface area contributed by atoms with Gasteiger partial charge in [0.05, 0.1) is 0 Å². The number of carbonyl (C=O) groups excluding carboxylic acids is 2. The van der Waals surface area contributed by atoms with Crippen LogP contribution in [0.2, 0.25) is 0 Å². The highest BCUT2D eigenvalue weighted by Gasteiger charge is 2.28. The second-order valence-corrected chi connectivity index (χ2v) is 7.00. The Labute approximate surface area is 148 Å². The van der Waals surface area contributed by atoms with Crippen molar-refractivity contribution in [3.63, 3.8) is 0 Å². The summed E-state index contributed by atoms with van der Waals surface area (Å²) in [5.41, 5.74) is 2.93. The Morgan fingerprint density at radius 3 is 2.44 bits per heavy atom. The molecule has 1 fully saturated rings. The Morgan fingerprint density at radius 2 is 1.84 bits per heavy atom. The summed E-state index contributed by atoms with van der Waals surface area (Å²) in [4.78, 5) is 31.3. The lowest BCUT2D eigenvalue weighted by atomic mass is 10.1. The zero-order valence-corrected chi connectivity index (χ0v) is 15.1. The molecular formula is C18H27N3O4. The third kappa shape index (κ3) is 6.72. The van der Waals surface area contributed by atoms with Crippen LogP contribution in [0.1, 0.15) is 26.3 Å². The minimum absolute atomic E-state index is 0.366. The van der Waals surface area contributed by atoms with Gasteiger partial charge in [0.15, 0.2) is 0 Å². The minimum atomic E-state index is -0.770. The number of nitrogens with zero attached hydrogens (tertiary/aromatic N) is 1. The minimum Gasteiger partial charge on any atom is -0.459 e. The summed E-state index contributed by atoms with van der Waals surface area (Å²) in [5, 5.41) is 3.17. The number of hydrogen-bond acceptors (Lipinski definition) is 6. The molecule has 0 aromatic heterocycles. The predicted octanol–water partition coefficient (Wildman–Crippen LogP) is 1.49. The second kappa shape index (κ2) is 8.82. The zero-order valence-electron chi connectivity index (χ0n) is 15.1. The van der Waals surface area contributed by atoms with Gasteiger partial charge in [-0.15, -0.1) is 5.48 Å². The Kier molecular flexibility index (Phi) is 6.78. The third-order valence-electron chi connectivity index (χ3n) is 3.64. The summed E-state index contributed by atoms with van der Waals surface area (Å²) >= 11 is 0. The molecule has 0 aliphatic carbocycles. The van der Waals surface area contributed by atoms with Gasteiger partial charge >= 0.3 is 12.1 Å². The van der Waals surface area contributed by atoms with Gasteiger partial charge in [-0.05, 0) is 26.3 Å². The van der Waals surface area contributed by atoms with Crippen molar-refractivity contribution in [2.75, 3.05) is 26.2 Å². The first-order valence-electron chi connectivity index (χ1n) is 8.54. The molecule has 1 aromatic rings. The third-order valence-corrected chi connectivity index (χ3v) is 3.64. The summed E-state index contributed by atoms with van der Waals surface area (Å²) in [6.45, 7) is 8.03. The molecule has 0 saturated carbocycles. The van der Waals surface area contributed by atoms with E-state index in [0.717, 1.165) is 18.7 Å². The molecule has 0 radical (unpaired) electrons. The summed E-state index contributed by atoms with van der Waals surface area (Å²) in [5.74, 6) is -0.454. The molecule has 1 aliphatic rings. The van der Waals surface area contributed by atoms with E-state index in [9.17, 15) is 9.59 Å². The lowest BCUT2D eigenvalue weighted by Crippen LogP contribution is -2.50. The predicted molar refractivity (Wildman–Crippen MR) is 93.8 cm³/mol. The first kappa shape index (κ1) is 19.2. The van der Waals surface area contributed by atoms with Gasteiger partial charge in [0.25, 0.3) is 0 Å². The molecule has 1 aliphatic heterocycles. The standard InChI is InChI=1S/C18H27N3O4/c1-18(2,3)24-16(22)15(13-14-7-5-4-6-8-14)20-25-17(23)21-11-9-19-10-12-21/h4-8,15,19-20H,9-13H2,1-3H3. The normalized spacial score (nSPS) is 16.2. The lowest BCUT2D eigenvalue weighted by Gasteiger charge is -2.28. The summed E-state index contributed by atoms with van der Waals surface area (Å²) in [6.07, 6.45) is -0.118. The largest absolute Gasteiger partial charge is 0.459 e. The van der Waals surface area contributed by atoms with Crippen molar-refractivity contribution in [3.8, 4) is 0 Å². The number of ether oxygens (including phenoxy) is 1. The van der Waals surface area contributed by atoms with Crippen molar-refractivity contribution in [3.05, 3.63) is 35.9 Å². The van der Waals surface area contributed by atoms with Crippen LogP contribution in [-0.2, 0) is 20.8 Å². The number of hydroxylamine groups is 1. The number of esters is 1. The number of carbonyl (C=O) groups is 2. The highest BCUT2D eigenvalue weighted by atomic mass is 16.7. The molecule has 1 atom stereocenters. The van der Waals surface area contributed by atoms with Crippen molar-refractivity contribution in [2.45, 2.75) is 38.8 Å². The van der Waals surface area contributed by atoms with Crippen LogP contribution in [0.4, 0.5) is 4.79 Å². The number of rotatable bonds is 5. The van der Waals surface area contributed by atoms with Crippen LogP contribution in [0.15, 0.2) is 30.3 Å². The fourth-order valence-electron chi connectivity index (χ4n) is 2.43. The monoisotopic (exact) mass is 349 g/mol. The van der Waals surface area contributed by atoms with Crippen molar-refractivity contribution < 1.29 is 19.2 Å². The van der Waals surface area contributed by atoms with Gasteiger partial charge in [-0.3, -0.25) is 4.79 Å². The Bertz CT molecular complexity index is 565. The summed E-state index contributed by atoms with van der Waals surface area (Å²) in [7, 11) is 0. The van der Waals surface area contributed by atoms with Gasteiger partial charge < -0.3 is 19.8 Å². The van der Waals surface area contributed by atoms with E-state index in [1.54, 1.807) is 25.7 Å². The fourth-order valence-corrected chi connectivity index (χ4v) is 2.43. The van der Waals surface area contributed by atoms with Crippen molar-refractivity contribution in [2.24, 2.45) is 0 Å². The van der Waals surface area contributed by atoms with Gasteiger partial charge in [0, 0.05) is 32.6 Å². The second-order valence-electron chi connectivity index (χ2n) is 7.00. The molecule has 1 unspecified atom stereocenters. The lowest BCUT2D eigenvalue weighted by molar-refractivity contribution is -0.160. The van der Waals surface area contributed by atoms with E-state index < -0.39 is 23.7 Å². The van der Waals surface area contributed by atoms with Gasteiger partial charge in [-0.2, -0.15) is 0 Å². The van der Waals surface area contributed by atoms with E-state index >= 15 is 0 Å². The van der Waals surface area contributed by atoms with Crippen molar-refractivity contribution in [1.82, 2.24) is 15.7 Å². The Balaban J connectivity index is 1.97. The Morgan fingerprint density at radius 1 is 1.20 bits per heavy atom. The average Bonchev–Trinajstić information content (AvgIpc) is 2.58. The SMILES string of the molecule is CC(C)(C)OC(=O)C(Cc1ccccc1)NOC(=O)N1CCNCC1. The molecule has 2 rings (SSSR count). The van der Waals surface area contributed by atoms with Gasteiger partial charge in [-0.1, -0.05) is 30.3 Å². The van der Waals surface area contributed by atoms with Gasteiger partial charge in [0.1, 0.15) is 11.6 Å². The molecule has 138 valence electrons. The molecule has 7 nitrogen and oxygen atoms in total. The smallest absolute Gasteiger partial charge is 0.428 e. The van der Waals surface area contributed by atoms with Crippen LogP contribution >= 0.6 is 0 Å². The van der Waals surface area contributed by atoms with Crippen molar-refractivity contribution >= 4 is 12.1 Å². The van der Waals surface area contributed by atoms with Gasteiger partial charge in [-0.25, -0.2) is 4.79 Å². The molecule has 0 spiro atoms. The molecular weight excluding hydrogens is 322 g/mol. The first-order valence-corrected chi connectivity index (χ1v) is 8.54. The first-order chi connectivity index (χ1) is 11.8. The van der Waals surface area contributed by atoms with E-state index in [4.69, 9.17) is 9.57 Å². The van der Waals surface area contributed by atoms with Crippen LogP contribution in [0.5, 0.6) is 0 Å². The molecule has 1 aromatic carbocycles. The number of piperazine rings is 1.